The molecule has 0 spiro atoms. The van der Waals surface area contributed by atoms with Crippen LogP contribution in [0, 0.1) is 39.2 Å². The Morgan fingerprint density at radius 1 is 1.06 bits per heavy atom. The molecule has 1 heterocycles. The Kier molecular flexibility index (Phi) is 10.9. The van der Waals surface area contributed by atoms with Crippen molar-refractivity contribution in [2.45, 2.75) is 71.4 Å². The first-order chi connectivity index (χ1) is 25.1. The van der Waals surface area contributed by atoms with Crippen LogP contribution in [-0.2, 0) is 20.9 Å². The smallest absolute Gasteiger partial charge is 0.431 e. The molecule has 1 aliphatic heterocycles. The van der Waals surface area contributed by atoms with Crippen molar-refractivity contribution < 1.29 is 38.7 Å². The van der Waals surface area contributed by atoms with E-state index in [2.05, 4.69) is 26.1 Å². The third kappa shape index (κ3) is 7.92. The molecule has 3 saturated carbocycles. The van der Waals surface area contributed by atoms with Crippen LogP contribution in [0.25, 0.3) is 11.1 Å². The number of nitro groups is 1. The molecule has 3 aliphatic carbocycles. The third-order valence-corrected chi connectivity index (χ3v) is 11.6. The van der Waals surface area contributed by atoms with Crippen molar-refractivity contribution in [1.29, 1.82) is 0 Å². The van der Waals surface area contributed by atoms with Gasteiger partial charge in [-0.05, 0) is 90.0 Å². The van der Waals surface area contributed by atoms with Crippen LogP contribution in [0.5, 0.6) is 5.75 Å². The number of nitrogens with one attached hydrogen (secondary N) is 1. The number of ether oxygens (including phenoxy) is 2. The first-order valence-corrected chi connectivity index (χ1v) is 18.1. The first-order valence-electron chi connectivity index (χ1n) is 18.1. The molecule has 1 saturated heterocycles. The number of nitro benzene ring substituents is 1. The van der Waals surface area contributed by atoms with Gasteiger partial charge in [0.2, 0.25) is 5.91 Å². The van der Waals surface area contributed by atoms with Crippen LogP contribution >= 0.6 is 0 Å². The Labute approximate surface area is 309 Å². The Hall–Kier alpha value is -4.85. The molecule has 53 heavy (non-hydrogen) atoms. The Bertz CT molecular complexity index is 1830. The van der Waals surface area contributed by atoms with E-state index in [0.29, 0.717) is 17.4 Å². The maximum Gasteiger partial charge on any atom is 0.513 e. The molecule has 7 rings (SSSR count). The number of non-ortho nitro benzene ring substituents is 1. The van der Waals surface area contributed by atoms with Crippen molar-refractivity contribution >= 4 is 23.7 Å². The molecule has 3 aromatic carbocycles. The van der Waals surface area contributed by atoms with E-state index in [9.17, 15) is 29.6 Å². The van der Waals surface area contributed by atoms with Crippen molar-refractivity contribution in [3.8, 4) is 16.9 Å². The highest BCUT2D eigenvalue weighted by molar-refractivity contribution is 5.94. The molecule has 4 aliphatic rings. The summed E-state index contributed by atoms with van der Waals surface area (Å²) in [6, 6.07) is 19.2. The number of nitrogens with zero attached hydrogens (tertiary/aromatic N) is 3. The predicted molar refractivity (Wildman–Crippen MR) is 195 cm³/mol. The number of hydroxylamine groups is 2. The van der Waals surface area contributed by atoms with Gasteiger partial charge in [-0.25, -0.2) is 4.79 Å². The first kappa shape index (κ1) is 37.9. The Morgan fingerprint density at radius 3 is 2.36 bits per heavy atom. The van der Waals surface area contributed by atoms with Gasteiger partial charge in [0.25, 0.3) is 11.6 Å². The average molecular weight is 729 g/mol. The van der Waals surface area contributed by atoms with Gasteiger partial charge in [0.15, 0.2) is 0 Å². The van der Waals surface area contributed by atoms with E-state index < -0.39 is 35.2 Å². The standard InChI is InChI=1S/C40H48N4O9/c1-23-32-19-29(40(32,3)4)20-33(23)41-37(46)36-35(24(2)45)34(22-51-39(48)52-31-16-14-30(15-17-31)44(49)50)53-43(36)21-25-8-7-9-28(18-25)26-10-12-27(13-11-26)38(47)42(5)6/h7-18,23-24,29,32-36,45H,19-22H2,1-6H3,(H,41,46)/t23?,24-,29+,32-,33?,34?,35+,36-/m0/s1. The van der Waals surface area contributed by atoms with E-state index in [1.807, 2.05) is 36.4 Å². The Morgan fingerprint density at radius 2 is 1.75 bits per heavy atom. The molecule has 13 heteroatoms. The minimum atomic E-state index is -1.06. The fourth-order valence-electron chi connectivity index (χ4n) is 8.48. The molecular formula is C40H48N4O9. The summed E-state index contributed by atoms with van der Waals surface area (Å²) in [5, 5.41) is 27.0. The molecule has 2 bridgehead atoms. The lowest BCUT2D eigenvalue weighted by Gasteiger charge is -2.62. The number of benzene rings is 3. The molecule has 0 radical (unpaired) electrons. The van der Waals surface area contributed by atoms with Gasteiger partial charge in [-0.15, -0.1) is 0 Å². The summed E-state index contributed by atoms with van der Waals surface area (Å²) in [6.07, 6.45) is -0.923. The lowest BCUT2D eigenvalue weighted by Crippen LogP contribution is -2.62. The number of hydrogen-bond acceptors (Lipinski definition) is 10. The lowest BCUT2D eigenvalue weighted by atomic mass is 9.45. The van der Waals surface area contributed by atoms with Gasteiger partial charge >= 0.3 is 6.16 Å². The highest BCUT2D eigenvalue weighted by atomic mass is 16.7. The van der Waals surface area contributed by atoms with Gasteiger partial charge in [-0.2, -0.15) is 5.06 Å². The number of rotatable bonds is 11. The summed E-state index contributed by atoms with van der Waals surface area (Å²) < 4.78 is 10.6. The summed E-state index contributed by atoms with van der Waals surface area (Å²) >= 11 is 0. The zero-order chi connectivity index (χ0) is 38.2. The zero-order valence-electron chi connectivity index (χ0n) is 30.9. The SMILES string of the molecule is CC1C(NC(=O)[C@@H]2[C@H]([C@H](C)O)C(COC(=O)Oc3ccc([N+](=O)[O-])cc3)ON2Cc2cccc(-c3ccc(C(=O)N(C)C)cc3)c2)C[C@H]2C[C@@H]1C2(C)C. The fraction of sp³-hybridized carbons (Fsp3) is 0.475. The van der Waals surface area contributed by atoms with Gasteiger partial charge in [-0.1, -0.05) is 51.1 Å². The number of amides is 2. The minimum absolute atomic E-state index is 0.0200. The van der Waals surface area contributed by atoms with Crippen LogP contribution < -0.4 is 10.1 Å². The average Bonchev–Trinajstić information content (AvgIpc) is 3.49. The highest BCUT2D eigenvalue weighted by Gasteiger charge is 2.57. The molecule has 13 nitrogen and oxygen atoms in total. The quantitative estimate of drug-likeness (QED) is 0.106. The molecule has 4 fully saturated rings. The van der Waals surface area contributed by atoms with Gasteiger partial charge in [0.05, 0.1) is 17.6 Å². The minimum Gasteiger partial charge on any atom is -0.431 e. The number of hydrogen-bond donors (Lipinski definition) is 2. The number of aliphatic hydroxyl groups is 1. The van der Waals surface area contributed by atoms with Crippen LogP contribution in [0.2, 0.25) is 0 Å². The van der Waals surface area contributed by atoms with Crippen molar-refractivity contribution in [3.05, 3.63) is 94.0 Å². The van der Waals surface area contributed by atoms with E-state index in [-0.39, 0.29) is 53.8 Å². The second-order valence-corrected chi connectivity index (χ2v) is 15.4. The fourth-order valence-corrected chi connectivity index (χ4v) is 8.48. The van der Waals surface area contributed by atoms with Crippen LogP contribution in [0.4, 0.5) is 10.5 Å². The van der Waals surface area contributed by atoms with E-state index in [1.54, 1.807) is 38.2 Å². The molecule has 3 aromatic rings. The van der Waals surface area contributed by atoms with Gasteiger partial charge in [0, 0.05) is 43.8 Å². The van der Waals surface area contributed by atoms with Crippen molar-refractivity contribution in [2.75, 3.05) is 20.7 Å². The highest BCUT2D eigenvalue weighted by Crippen LogP contribution is 2.61. The van der Waals surface area contributed by atoms with Crippen LogP contribution in [-0.4, -0.2) is 83.0 Å². The molecule has 3 unspecified atom stereocenters. The molecule has 2 amide bonds. The van der Waals surface area contributed by atoms with Crippen LogP contribution in [0.1, 0.15) is 56.5 Å². The molecule has 8 atom stereocenters. The van der Waals surface area contributed by atoms with E-state index >= 15 is 0 Å². The number of fused-ring (bicyclic) bond motifs is 2. The molecule has 282 valence electrons. The molecule has 0 aromatic heterocycles. The largest absolute Gasteiger partial charge is 0.513 e. The third-order valence-electron chi connectivity index (χ3n) is 11.6. The van der Waals surface area contributed by atoms with Gasteiger partial charge in [0.1, 0.15) is 24.5 Å². The lowest BCUT2D eigenvalue weighted by molar-refractivity contribution is -0.384. The van der Waals surface area contributed by atoms with Crippen LogP contribution in [0.3, 0.4) is 0 Å². The summed E-state index contributed by atoms with van der Waals surface area (Å²) in [7, 11) is 3.41. The second kappa shape index (κ2) is 15.2. The number of carbonyl (C=O) groups is 3. The zero-order valence-corrected chi connectivity index (χ0v) is 30.9. The van der Waals surface area contributed by atoms with E-state index in [4.69, 9.17) is 14.3 Å². The summed E-state index contributed by atoms with van der Waals surface area (Å²) in [4.78, 5) is 57.7. The molecular weight excluding hydrogens is 680 g/mol. The topological polar surface area (TPSA) is 161 Å². The maximum atomic E-state index is 14.3. The number of aliphatic hydroxyl groups excluding tert-OH is 1. The summed E-state index contributed by atoms with van der Waals surface area (Å²) in [5.74, 6) is 0.255. The van der Waals surface area contributed by atoms with Crippen molar-refractivity contribution in [3.63, 3.8) is 0 Å². The van der Waals surface area contributed by atoms with Crippen molar-refractivity contribution in [2.24, 2.45) is 29.1 Å². The van der Waals surface area contributed by atoms with Gasteiger partial charge in [-0.3, -0.25) is 24.5 Å². The maximum absolute atomic E-state index is 14.3. The monoisotopic (exact) mass is 728 g/mol. The van der Waals surface area contributed by atoms with E-state index in [0.717, 1.165) is 29.5 Å². The number of carbonyl (C=O) groups excluding carboxylic acids is 3. The molecule has 2 N–H and O–H groups in total. The van der Waals surface area contributed by atoms with Crippen molar-refractivity contribution in [1.82, 2.24) is 15.3 Å². The summed E-state index contributed by atoms with van der Waals surface area (Å²) in [6.45, 7) is 8.26. The predicted octanol–water partition coefficient (Wildman–Crippen LogP) is 5.85. The summed E-state index contributed by atoms with van der Waals surface area (Å²) in [5.41, 5.74) is 3.32. The van der Waals surface area contributed by atoms with E-state index in [1.165, 1.54) is 29.2 Å². The van der Waals surface area contributed by atoms with Gasteiger partial charge < -0.3 is 24.8 Å². The second-order valence-electron chi connectivity index (χ2n) is 15.4. The normalized spacial score (nSPS) is 26.5. The Balaban J connectivity index is 1.21. The van der Waals surface area contributed by atoms with Crippen LogP contribution in [0.15, 0.2) is 72.8 Å².